The highest BCUT2D eigenvalue weighted by atomic mass is 79.9. The number of nitrogens with one attached hydrogen (secondary N) is 1. The molecule has 0 saturated heterocycles. The van der Waals surface area contributed by atoms with Gasteiger partial charge in [-0.2, -0.15) is 0 Å². The molecule has 7 nitrogen and oxygen atoms in total. The molecule has 0 radical (unpaired) electrons. The second-order valence-electron chi connectivity index (χ2n) is 3.99. The van der Waals surface area contributed by atoms with Crippen LogP contribution in [0, 0.1) is 6.92 Å². The maximum absolute atomic E-state index is 9.10. The second kappa shape index (κ2) is 11.2. The minimum absolute atomic E-state index is 0.134. The molecule has 9 heteroatoms. The molecule has 0 unspecified atom stereocenters. The van der Waals surface area contributed by atoms with E-state index in [-0.39, 0.29) is 6.61 Å². The first-order valence-corrected chi connectivity index (χ1v) is 7.33. The zero-order valence-electron chi connectivity index (χ0n) is 11.8. The lowest BCUT2D eigenvalue weighted by Gasteiger charge is -2.11. The molecule has 1 rings (SSSR count). The predicted octanol–water partition coefficient (Wildman–Crippen LogP) is 1.53. The number of halogens is 2. The number of rotatable bonds is 6. The molecule has 0 bridgehead atoms. The van der Waals surface area contributed by atoms with Crippen LogP contribution in [-0.2, 0) is 9.59 Å². The minimum Gasteiger partial charge on any atom is -0.490 e. The first-order valence-electron chi connectivity index (χ1n) is 6.15. The van der Waals surface area contributed by atoms with E-state index in [1.165, 1.54) is 0 Å². The Morgan fingerprint density at radius 3 is 2.32 bits per heavy atom. The van der Waals surface area contributed by atoms with Gasteiger partial charge in [-0.3, -0.25) is 0 Å². The molecule has 0 fully saturated rings. The zero-order chi connectivity index (χ0) is 17.1. The van der Waals surface area contributed by atoms with Crippen LogP contribution in [0.4, 0.5) is 0 Å². The number of aliphatic hydroxyl groups is 1. The average Bonchev–Trinajstić information content (AvgIpc) is 2.41. The van der Waals surface area contributed by atoms with E-state index in [0.717, 1.165) is 10.0 Å². The van der Waals surface area contributed by atoms with Gasteiger partial charge in [-0.05, 0) is 40.5 Å². The van der Waals surface area contributed by atoms with Crippen LogP contribution in [0.2, 0.25) is 5.02 Å². The highest BCUT2D eigenvalue weighted by Crippen LogP contribution is 2.34. The highest BCUT2D eigenvalue weighted by molar-refractivity contribution is 9.10. The smallest absolute Gasteiger partial charge is 0.414 e. The number of aliphatic carboxylic acids is 2. The number of carboxylic acid groups (broad SMARTS) is 2. The molecule has 1 aromatic rings. The molecular formula is C13H17BrClNO6. The van der Waals surface area contributed by atoms with Gasteiger partial charge in [0.25, 0.3) is 0 Å². The molecule has 0 heterocycles. The summed E-state index contributed by atoms with van der Waals surface area (Å²) in [6.07, 6.45) is 0. The monoisotopic (exact) mass is 397 g/mol. The third-order valence-corrected chi connectivity index (χ3v) is 3.01. The third-order valence-electron chi connectivity index (χ3n) is 2.14. The van der Waals surface area contributed by atoms with Gasteiger partial charge >= 0.3 is 11.9 Å². The molecule has 0 amide bonds. The van der Waals surface area contributed by atoms with Crippen LogP contribution in [0.5, 0.6) is 5.75 Å². The Morgan fingerprint density at radius 2 is 1.86 bits per heavy atom. The van der Waals surface area contributed by atoms with Crippen LogP contribution in [0.3, 0.4) is 0 Å². The number of hydrogen-bond acceptors (Lipinski definition) is 5. The van der Waals surface area contributed by atoms with Crippen LogP contribution < -0.4 is 10.1 Å². The number of aryl methyl sites for hydroxylation is 1. The van der Waals surface area contributed by atoms with Crippen LogP contribution in [0.25, 0.3) is 0 Å². The van der Waals surface area contributed by atoms with E-state index in [1.54, 1.807) is 0 Å². The second-order valence-corrected chi connectivity index (χ2v) is 5.25. The Labute approximate surface area is 141 Å². The van der Waals surface area contributed by atoms with Crippen molar-refractivity contribution in [3.63, 3.8) is 0 Å². The quantitative estimate of drug-likeness (QED) is 0.424. The first-order chi connectivity index (χ1) is 10.3. The van der Waals surface area contributed by atoms with E-state index in [1.807, 2.05) is 19.1 Å². The maximum Gasteiger partial charge on any atom is 0.414 e. The maximum atomic E-state index is 9.10. The Kier molecular flexibility index (Phi) is 10.6. The number of aliphatic hydroxyl groups excluding tert-OH is 1. The lowest BCUT2D eigenvalue weighted by Crippen LogP contribution is -2.24. The van der Waals surface area contributed by atoms with Gasteiger partial charge in [0.1, 0.15) is 6.61 Å². The highest BCUT2D eigenvalue weighted by Gasteiger charge is 2.07. The molecule has 1 aromatic carbocycles. The van der Waals surface area contributed by atoms with Gasteiger partial charge in [0.05, 0.1) is 16.1 Å². The Hall–Kier alpha value is -1.35. The molecule has 124 valence electrons. The van der Waals surface area contributed by atoms with Gasteiger partial charge in [0.2, 0.25) is 0 Å². The standard InChI is InChI=1S/C11H15BrClNO2.C2H2O4/c1-8-6-9(12)11(10(13)7-8)16-5-3-14-2-4-15;3-1(4)2(5)6/h6-7,14-15H,2-5H2,1H3;(H,3,4)(H,5,6). The van der Waals surface area contributed by atoms with Gasteiger partial charge in [-0.15, -0.1) is 0 Å². The SMILES string of the molecule is Cc1cc(Cl)c(OCCNCCO)c(Br)c1.O=C(O)C(=O)O. The van der Waals surface area contributed by atoms with E-state index in [2.05, 4.69) is 21.2 Å². The number of benzene rings is 1. The van der Waals surface area contributed by atoms with Crippen LogP contribution in [0.1, 0.15) is 5.56 Å². The van der Waals surface area contributed by atoms with Crippen LogP contribution in [0.15, 0.2) is 16.6 Å². The van der Waals surface area contributed by atoms with E-state index >= 15 is 0 Å². The molecule has 0 aliphatic rings. The summed E-state index contributed by atoms with van der Waals surface area (Å²) in [5.74, 6) is -2.98. The van der Waals surface area contributed by atoms with Crippen molar-refractivity contribution in [1.82, 2.24) is 5.32 Å². The number of ether oxygens (including phenoxy) is 1. The van der Waals surface area contributed by atoms with E-state index < -0.39 is 11.9 Å². The molecular weight excluding hydrogens is 382 g/mol. The Bertz CT molecular complexity index is 476. The van der Waals surface area contributed by atoms with Gasteiger partial charge in [0.15, 0.2) is 5.75 Å². The van der Waals surface area contributed by atoms with Gasteiger partial charge < -0.3 is 25.4 Å². The van der Waals surface area contributed by atoms with Crippen LogP contribution >= 0.6 is 27.5 Å². The summed E-state index contributed by atoms with van der Waals surface area (Å²) in [6, 6.07) is 3.82. The molecule has 4 N–H and O–H groups in total. The van der Waals surface area contributed by atoms with Crippen molar-refractivity contribution in [3.8, 4) is 5.75 Å². The van der Waals surface area contributed by atoms with Crippen molar-refractivity contribution in [2.45, 2.75) is 6.92 Å². The molecule has 0 spiro atoms. The van der Waals surface area contributed by atoms with E-state index in [4.69, 9.17) is 41.2 Å². The van der Waals surface area contributed by atoms with Crippen LogP contribution in [-0.4, -0.2) is 53.6 Å². The number of carbonyl (C=O) groups is 2. The normalized spacial score (nSPS) is 9.64. The van der Waals surface area contributed by atoms with Crippen molar-refractivity contribution < 1.29 is 29.6 Å². The van der Waals surface area contributed by atoms with Gasteiger partial charge in [-0.25, -0.2) is 9.59 Å². The fraction of sp³-hybridized carbons (Fsp3) is 0.385. The number of hydrogen-bond donors (Lipinski definition) is 4. The largest absolute Gasteiger partial charge is 0.490 e. The fourth-order valence-corrected chi connectivity index (χ4v) is 2.39. The summed E-state index contributed by atoms with van der Waals surface area (Å²) in [5, 5.41) is 27.0. The summed E-state index contributed by atoms with van der Waals surface area (Å²) in [4.78, 5) is 18.2. The number of carboxylic acids is 2. The average molecular weight is 399 g/mol. The molecule has 22 heavy (non-hydrogen) atoms. The van der Waals surface area contributed by atoms with E-state index in [0.29, 0.717) is 30.5 Å². The summed E-state index contributed by atoms with van der Waals surface area (Å²) < 4.78 is 6.41. The summed E-state index contributed by atoms with van der Waals surface area (Å²) in [5.41, 5.74) is 1.09. The fourth-order valence-electron chi connectivity index (χ4n) is 1.25. The van der Waals surface area contributed by atoms with Crippen molar-refractivity contribution in [3.05, 3.63) is 27.2 Å². The van der Waals surface area contributed by atoms with Gasteiger partial charge in [-0.1, -0.05) is 11.6 Å². The minimum atomic E-state index is -1.82. The zero-order valence-corrected chi connectivity index (χ0v) is 14.1. The topological polar surface area (TPSA) is 116 Å². The lowest BCUT2D eigenvalue weighted by atomic mass is 10.2. The van der Waals surface area contributed by atoms with Crippen molar-refractivity contribution in [1.29, 1.82) is 0 Å². The molecule has 0 aliphatic carbocycles. The van der Waals surface area contributed by atoms with Crippen molar-refractivity contribution >= 4 is 39.5 Å². The third kappa shape index (κ3) is 8.83. The lowest BCUT2D eigenvalue weighted by molar-refractivity contribution is -0.159. The van der Waals surface area contributed by atoms with Gasteiger partial charge in [0, 0.05) is 13.1 Å². The Balaban J connectivity index is 0.000000626. The van der Waals surface area contributed by atoms with Crippen molar-refractivity contribution in [2.75, 3.05) is 26.3 Å². The predicted molar refractivity (Wildman–Crippen MR) is 84.6 cm³/mol. The molecule has 0 saturated carbocycles. The summed E-state index contributed by atoms with van der Waals surface area (Å²) >= 11 is 9.47. The first kappa shape index (κ1) is 20.6. The summed E-state index contributed by atoms with van der Waals surface area (Å²) in [6.45, 7) is 3.88. The summed E-state index contributed by atoms with van der Waals surface area (Å²) in [7, 11) is 0. The Morgan fingerprint density at radius 1 is 1.27 bits per heavy atom. The van der Waals surface area contributed by atoms with Crippen molar-refractivity contribution in [2.24, 2.45) is 0 Å². The molecule has 0 aliphatic heterocycles. The molecule has 0 aromatic heterocycles. The van der Waals surface area contributed by atoms with E-state index in [9.17, 15) is 0 Å². The molecule has 0 atom stereocenters.